The summed E-state index contributed by atoms with van der Waals surface area (Å²) in [5.74, 6) is 0.489. The lowest BCUT2D eigenvalue weighted by atomic mass is 10.2. The Balaban J connectivity index is 2.66. The van der Waals surface area contributed by atoms with Crippen LogP contribution in [0.1, 0.15) is 18.9 Å². The first-order valence-corrected chi connectivity index (χ1v) is 6.38. The molecule has 0 radical (unpaired) electrons. The van der Waals surface area contributed by atoms with Crippen molar-refractivity contribution in [2.45, 2.75) is 26.4 Å². The molecule has 0 saturated heterocycles. The van der Waals surface area contributed by atoms with E-state index in [1.54, 1.807) is 32.2 Å². The lowest BCUT2D eigenvalue weighted by molar-refractivity contribution is -0.136. The minimum absolute atomic E-state index is 0.149. The van der Waals surface area contributed by atoms with E-state index < -0.39 is 6.10 Å². The zero-order valence-electron chi connectivity index (χ0n) is 11.3. The van der Waals surface area contributed by atoms with Crippen LogP contribution in [0.4, 0.5) is 0 Å². The fraction of sp³-hybridized carbons (Fsp3) is 0.429. The van der Waals surface area contributed by atoms with Crippen LogP contribution in [0, 0.1) is 18.3 Å². The SMILES string of the molecule is Cc1cc(Cl)ccc1OC(C)C(=O)N(C)CCC#N. The van der Waals surface area contributed by atoms with Crippen molar-refractivity contribution in [1.82, 2.24) is 4.90 Å². The molecule has 5 heteroatoms. The summed E-state index contributed by atoms with van der Waals surface area (Å²) < 4.78 is 5.63. The molecule has 0 aromatic heterocycles. The Morgan fingerprint density at radius 3 is 2.84 bits per heavy atom. The number of ether oxygens (including phenoxy) is 1. The van der Waals surface area contributed by atoms with Crippen molar-refractivity contribution in [2.75, 3.05) is 13.6 Å². The molecule has 102 valence electrons. The Hall–Kier alpha value is -1.73. The van der Waals surface area contributed by atoms with Crippen LogP contribution in [0.2, 0.25) is 5.02 Å². The van der Waals surface area contributed by atoms with E-state index in [1.807, 2.05) is 13.0 Å². The molecule has 1 aromatic rings. The molecular weight excluding hydrogens is 264 g/mol. The van der Waals surface area contributed by atoms with Crippen LogP contribution in [0.3, 0.4) is 0 Å². The smallest absolute Gasteiger partial charge is 0.263 e. The molecule has 0 fully saturated rings. The predicted molar refractivity (Wildman–Crippen MR) is 74.1 cm³/mol. The summed E-state index contributed by atoms with van der Waals surface area (Å²) in [6.45, 7) is 3.97. The maximum Gasteiger partial charge on any atom is 0.263 e. The van der Waals surface area contributed by atoms with Gasteiger partial charge in [-0.1, -0.05) is 11.6 Å². The number of amides is 1. The zero-order valence-corrected chi connectivity index (χ0v) is 12.1. The van der Waals surface area contributed by atoms with E-state index in [-0.39, 0.29) is 5.91 Å². The van der Waals surface area contributed by atoms with Crippen molar-refractivity contribution in [1.29, 1.82) is 5.26 Å². The highest BCUT2D eigenvalue weighted by atomic mass is 35.5. The summed E-state index contributed by atoms with van der Waals surface area (Å²) in [6.07, 6.45) is -0.280. The number of rotatable bonds is 5. The quantitative estimate of drug-likeness (QED) is 0.833. The predicted octanol–water partition coefficient (Wildman–Crippen LogP) is 2.79. The van der Waals surface area contributed by atoms with E-state index >= 15 is 0 Å². The first kappa shape index (κ1) is 15.3. The summed E-state index contributed by atoms with van der Waals surface area (Å²) >= 11 is 5.86. The van der Waals surface area contributed by atoms with Gasteiger partial charge in [0, 0.05) is 18.6 Å². The third kappa shape index (κ3) is 4.46. The third-order valence-corrected chi connectivity index (χ3v) is 2.96. The van der Waals surface area contributed by atoms with E-state index in [4.69, 9.17) is 21.6 Å². The second-order valence-electron chi connectivity index (χ2n) is 4.34. The van der Waals surface area contributed by atoms with Crippen molar-refractivity contribution in [3.63, 3.8) is 0 Å². The van der Waals surface area contributed by atoms with Crippen LogP contribution in [0.25, 0.3) is 0 Å². The summed E-state index contributed by atoms with van der Waals surface area (Å²) in [4.78, 5) is 13.5. The highest BCUT2D eigenvalue weighted by Gasteiger charge is 2.19. The molecule has 0 N–H and O–H groups in total. The number of halogens is 1. The van der Waals surface area contributed by atoms with Gasteiger partial charge in [-0.2, -0.15) is 5.26 Å². The zero-order chi connectivity index (χ0) is 14.4. The number of benzene rings is 1. The highest BCUT2D eigenvalue weighted by Crippen LogP contribution is 2.23. The average molecular weight is 281 g/mol. The van der Waals surface area contributed by atoms with E-state index in [0.29, 0.717) is 23.7 Å². The molecule has 0 bridgehead atoms. The summed E-state index contributed by atoms with van der Waals surface area (Å²) in [7, 11) is 1.66. The second kappa shape index (κ2) is 7.01. The number of hydrogen-bond acceptors (Lipinski definition) is 3. The molecule has 0 spiro atoms. The van der Waals surface area contributed by atoms with Crippen molar-refractivity contribution in [3.05, 3.63) is 28.8 Å². The van der Waals surface area contributed by atoms with E-state index in [2.05, 4.69) is 0 Å². The van der Waals surface area contributed by atoms with Crippen molar-refractivity contribution >= 4 is 17.5 Å². The van der Waals surface area contributed by atoms with Gasteiger partial charge in [0.05, 0.1) is 12.5 Å². The number of carbonyl (C=O) groups excluding carboxylic acids is 1. The summed E-state index contributed by atoms with van der Waals surface area (Å²) in [5.41, 5.74) is 0.881. The normalized spacial score (nSPS) is 11.5. The highest BCUT2D eigenvalue weighted by molar-refractivity contribution is 6.30. The molecule has 0 saturated carbocycles. The molecule has 1 unspecified atom stereocenters. The van der Waals surface area contributed by atoms with Crippen molar-refractivity contribution < 1.29 is 9.53 Å². The molecule has 19 heavy (non-hydrogen) atoms. The fourth-order valence-electron chi connectivity index (χ4n) is 1.62. The Kier molecular flexibility index (Phi) is 5.65. The lowest BCUT2D eigenvalue weighted by Crippen LogP contribution is -2.38. The first-order valence-electron chi connectivity index (χ1n) is 6.00. The largest absolute Gasteiger partial charge is 0.481 e. The van der Waals surface area contributed by atoms with Gasteiger partial charge in [0.1, 0.15) is 5.75 Å². The number of aryl methyl sites for hydroxylation is 1. The molecule has 0 aliphatic heterocycles. The molecule has 1 atom stereocenters. The maximum absolute atomic E-state index is 12.0. The number of likely N-dealkylation sites (N-methyl/N-ethyl adjacent to an activating group) is 1. The third-order valence-electron chi connectivity index (χ3n) is 2.72. The molecule has 1 rings (SSSR count). The average Bonchev–Trinajstić information content (AvgIpc) is 2.38. The molecule has 0 heterocycles. The maximum atomic E-state index is 12.0. The first-order chi connectivity index (χ1) is 8.95. The molecule has 0 aliphatic carbocycles. The van der Waals surface area contributed by atoms with E-state index in [9.17, 15) is 4.79 Å². The molecule has 1 amide bonds. The number of hydrogen-bond donors (Lipinski definition) is 0. The van der Waals surface area contributed by atoms with Crippen LogP contribution in [-0.2, 0) is 4.79 Å². The summed E-state index contributed by atoms with van der Waals surface area (Å²) in [6, 6.07) is 7.26. The topological polar surface area (TPSA) is 53.3 Å². The molecule has 0 aliphatic rings. The number of carbonyl (C=O) groups is 1. The van der Waals surface area contributed by atoms with Gasteiger partial charge in [0.2, 0.25) is 0 Å². The minimum atomic E-state index is -0.594. The Labute approximate surface area is 118 Å². The van der Waals surface area contributed by atoms with Crippen LogP contribution in [0.15, 0.2) is 18.2 Å². The van der Waals surface area contributed by atoms with E-state index in [1.165, 1.54) is 4.90 Å². The monoisotopic (exact) mass is 280 g/mol. The number of nitrogens with zero attached hydrogens (tertiary/aromatic N) is 2. The van der Waals surface area contributed by atoms with Gasteiger partial charge in [0.15, 0.2) is 6.10 Å². The minimum Gasteiger partial charge on any atom is -0.481 e. The van der Waals surface area contributed by atoms with Gasteiger partial charge in [-0.15, -0.1) is 0 Å². The summed E-state index contributed by atoms with van der Waals surface area (Å²) in [5, 5.41) is 9.14. The Morgan fingerprint density at radius 2 is 2.26 bits per heavy atom. The van der Waals surface area contributed by atoms with E-state index in [0.717, 1.165) is 5.56 Å². The Morgan fingerprint density at radius 1 is 1.58 bits per heavy atom. The van der Waals surface area contributed by atoms with Crippen LogP contribution < -0.4 is 4.74 Å². The van der Waals surface area contributed by atoms with Crippen LogP contribution in [-0.4, -0.2) is 30.5 Å². The standard InChI is InChI=1S/C14H17ClN2O2/c1-10-9-12(15)5-6-13(10)19-11(2)14(18)17(3)8-4-7-16/h5-6,9,11H,4,8H2,1-3H3. The van der Waals surface area contributed by atoms with Gasteiger partial charge in [-0.25, -0.2) is 0 Å². The van der Waals surface area contributed by atoms with Crippen molar-refractivity contribution in [3.8, 4) is 11.8 Å². The van der Waals surface area contributed by atoms with Crippen LogP contribution >= 0.6 is 11.6 Å². The van der Waals surface area contributed by atoms with Crippen molar-refractivity contribution in [2.24, 2.45) is 0 Å². The fourth-order valence-corrected chi connectivity index (χ4v) is 1.85. The van der Waals surface area contributed by atoms with Gasteiger partial charge in [-0.05, 0) is 37.6 Å². The second-order valence-corrected chi connectivity index (χ2v) is 4.77. The van der Waals surface area contributed by atoms with Crippen LogP contribution in [0.5, 0.6) is 5.75 Å². The molecule has 1 aromatic carbocycles. The van der Waals surface area contributed by atoms with Gasteiger partial charge in [-0.3, -0.25) is 4.79 Å². The lowest BCUT2D eigenvalue weighted by Gasteiger charge is -2.22. The van der Waals surface area contributed by atoms with Gasteiger partial charge in [0.25, 0.3) is 5.91 Å². The van der Waals surface area contributed by atoms with Gasteiger partial charge >= 0.3 is 0 Å². The molecule has 4 nitrogen and oxygen atoms in total. The Bertz CT molecular complexity index is 497. The number of nitriles is 1. The van der Waals surface area contributed by atoms with Gasteiger partial charge < -0.3 is 9.64 Å². The molecular formula is C14H17ClN2O2.